The monoisotopic (exact) mass is 725 g/mol. The number of nitrogens with zero attached hydrogens (tertiary/aromatic N) is 1. The summed E-state index contributed by atoms with van der Waals surface area (Å²) in [7, 11) is 0. The Morgan fingerprint density at radius 2 is 1.44 bits per heavy atom. The Hall–Kier alpha value is -5.70. The third kappa shape index (κ3) is 5.11. The van der Waals surface area contributed by atoms with Crippen molar-refractivity contribution in [2.75, 3.05) is 4.90 Å². The van der Waals surface area contributed by atoms with Crippen molar-refractivity contribution in [2.45, 2.75) is 50.9 Å². The Kier molecular flexibility index (Phi) is 7.54. The number of hydrogen-bond acceptors (Lipinski definition) is 2. The maximum atomic E-state index is 2.64. The van der Waals surface area contributed by atoms with Crippen LogP contribution in [0.5, 0.6) is 0 Å². The largest absolute Gasteiger partial charge is 0.308 e. The molecule has 7 aromatic rings. The summed E-state index contributed by atoms with van der Waals surface area (Å²) in [5, 5.41) is 6.53. The SMILES string of the molecule is CC1(C)C2=CC(c3ccccc3)=CCC2c2c(N(c3cccc4c3ccc3ccccc34)c3cccc4c5c(sc34)C=CC(C3=CCCC=C3)C5)cccc21. The van der Waals surface area contributed by atoms with Crippen molar-refractivity contribution < 1.29 is 0 Å². The predicted molar refractivity (Wildman–Crippen MR) is 237 cm³/mol. The van der Waals surface area contributed by atoms with E-state index in [-0.39, 0.29) is 5.41 Å². The van der Waals surface area contributed by atoms with Crippen LogP contribution in [0.25, 0.3) is 43.3 Å². The van der Waals surface area contributed by atoms with E-state index in [9.17, 15) is 0 Å². The molecule has 55 heavy (non-hydrogen) atoms. The third-order valence-electron chi connectivity index (χ3n) is 12.9. The van der Waals surface area contributed by atoms with Gasteiger partial charge in [0.25, 0.3) is 0 Å². The van der Waals surface area contributed by atoms with E-state index in [1.807, 2.05) is 11.3 Å². The zero-order chi connectivity index (χ0) is 36.7. The smallest absolute Gasteiger partial charge is 0.0640 e. The Morgan fingerprint density at radius 3 is 2.31 bits per heavy atom. The molecule has 2 atom stereocenters. The summed E-state index contributed by atoms with van der Waals surface area (Å²) in [5.41, 5.74) is 13.7. The average molecular weight is 726 g/mol. The maximum absolute atomic E-state index is 2.64. The molecule has 0 fully saturated rings. The third-order valence-corrected chi connectivity index (χ3v) is 14.1. The number of fused-ring (bicyclic) bond motifs is 9. The zero-order valence-corrected chi connectivity index (χ0v) is 32.2. The Balaban J connectivity index is 1.14. The summed E-state index contributed by atoms with van der Waals surface area (Å²) in [6, 6.07) is 45.5. The first-order valence-electron chi connectivity index (χ1n) is 20.0. The molecule has 0 radical (unpaired) electrons. The van der Waals surface area contributed by atoms with Gasteiger partial charge >= 0.3 is 0 Å². The second kappa shape index (κ2) is 12.7. The molecule has 0 saturated heterocycles. The quantitative estimate of drug-likeness (QED) is 0.160. The molecule has 0 saturated carbocycles. The number of thiophene rings is 1. The highest BCUT2D eigenvalue weighted by molar-refractivity contribution is 7.20. The van der Waals surface area contributed by atoms with E-state index >= 15 is 0 Å². The molecule has 0 aliphatic heterocycles. The van der Waals surface area contributed by atoms with Gasteiger partial charge in [-0.1, -0.05) is 159 Å². The van der Waals surface area contributed by atoms with E-state index in [1.165, 1.54) is 92.5 Å². The minimum absolute atomic E-state index is 0.0962. The molecular formula is C53H43NS. The second-order valence-electron chi connectivity index (χ2n) is 16.2. The fourth-order valence-corrected chi connectivity index (χ4v) is 11.4. The molecule has 0 bridgehead atoms. The lowest BCUT2D eigenvalue weighted by molar-refractivity contribution is 0.613. The first-order chi connectivity index (χ1) is 27.0. The van der Waals surface area contributed by atoms with Gasteiger partial charge in [-0.25, -0.2) is 0 Å². The number of rotatable bonds is 5. The molecule has 4 aliphatic rings. The van der Waals surface area contributed by atoms with E-state index in [4.69, 9.17) is 0 Å². The van der Waals surface area contributed by atoms with Crippen LogP contribution in [-0.2, 0) is 11.8 Å². The van der Waals surface area contributed by atoms with Crippen molar-refractivity contribution in [3.63, 3.8) is 0 Å². The lowest BCUT2D eigenvalue weighted by atomic mass is 9.77. The minimum Gasteiger partial charge on any atom is -0.308 e. The van der Waals surface area contributed by atoms with Crippen LogP contribution in [-0.4, -0.2) is 0 Å². The van der Waals surface area contributed by atoms with Gasteiger partial charge in [-0.3, -0.25) is 0 Å². The van der Waals surface area contributed by atoms with Crippen LogP contribution in [0.15, 0.2) is 169 Å². The normalized spacial score (nSPS) is 19.5. The molecular weight excluding hydrogens is 683 g/mol. The summed E-state index contributed by atoms with van der Waals surface area (Å²) >= 11 is 1.97. The number of hydrogen-bond donors (Lipinski definition) is 0. The van der Waals surface area contributed by atoms with Crippen molar-refractivity contribution in [1.29, 1.82) is 0 Å². The van der Waals surface area contributed by atoms with Crippen molar-refractivity contribution in [3.05, 3.63) is 196 Å². The van der Waals surface area contributed by atoms with Crippen molar-refractivity contribution >= 4 is 71.7 Å². The molecule has 1 nitrogen and oxygen atoms in total. The molecule has 0 spiro atoms. The molecule has 0 N–H and O–H groups in total. The van der Waals surface area contributed by atoms with Crippen LogP contribution in [0.1, 0.15) is 66.2 Å². The average Bonchev–Trinajstić information content (AvgIpc) is 3.73. The van der Waals surface area contributed by atoms with Crippen LogP contribution in [0.4, 0.5) is 17.1 Å². The predicted octanol–water partition coefficient (Wildman–Crippen LogP) is 14.9. The van der Waals surface area contributed by atoms with E-state index in [0.29, 0.717) is 11.8 Å². The summed E-state index contributed by atoms with van der Waals surface area (Å²) in [4.78, 5) is 4.04. The fraction of sp³-hybridized carbons (Fsp3) is 0.170. The van der Waals surface area contributed by atoms with Crippen LogP contribution >= 0.6 is 11.3 Å². The lowest BCUT2D eigenvalue weighted by Gasteiger charge is -2.31. The van der Waals surface area contributed by atoms with Crippen LogP contribution in [0.2, 0.25) is 0 Å². The molecule has 2 unspecified atom stereocenters. The molecule has 0 amide bonds. The summed E-state index contributed by atoms with van der Waals surface area (Å²) < 4.78 is 1.37. The second-order valence-corrected chi connectivity index (χ2v) is 17.3. The van der Waals surface area contributed by atoms with Gasteiger partial charge in [-0.05, 0) is 105 Å². The molecule has 11 rings (SSSR count). The summed E-state index contributed by atoms with van der Waals surface area (Å²) in [5.74, 6) is 0.737. The first kappa shape index (κ1) is 32.7. The van der Waals surface area contributed by atoms with Crippen molar-refractivity contribution in [1.82, 2.24) is 0 Å². The first-order valence-corrected chi connectivity index (χ1v) is 20.8. The van der Waals surface area contributed by atoms with Crippen molar-refractivity contribution in [3.8, 4) is 0 Å². The fourth-order valence-electron chi connectivity index (χ4n) is 10.2. The zero-order valence-electron chi connectivity index (χ0n) is 31.4. The summed E-state index contributed by atoms with van der Waals surface area (Å²) in [6.07, 6.45) is 21.3. The van der Waals surface area contributed by atoms with Crippen LogP contribution in [0.3, 0.4) is 0 Å². The van der Waals surface area contributed by atoms with Gasteiger partial charge in [0.1, 0.15) is 0 Å². The number of anilines is 3. The van der Waals surface area contributed by atoms with Crippen LogP contribution < -0.4 is 4.90 Å². The lowest BCUT2D eigenvalue weighted by Crippen LogP contribution is -2.17. The standard InChI is InChI=1S/C53H43NS/c1-53(2)45-22-13-24-48(51(45)43-30-27-38(33-46(43)53)35-16-7-4-8-17-35)54(47-23-11-20-40-39-19-10-9-18-36(39)26-29-41(40)47)49-25-12-21-42-44-32-37(34-14-5-3-6-15-34)28-31-50(44)55-52(42)49/h4-5,7-29,31,33,37,43H,3,6,30,32H2,1-2H3. The maximum Gasteiger partial charge on any atom is 0.0640 e. The van der Waals surface area contributed by atoms with Crippen LogP contribution in [0, 0.1) is 5.92 Å². The summed E-state index contributed by atoms with van der Waals surface area (Å²) in [6.45, 7) is 4.88. The molecule has 1 aromatic heterocycles. The van der Waals surface area contributed by atoms with Gasteiger partial charge in [0.05, 0.1) is 21.8 Å². The van der Waals surface area contributed by atoms with Gasteiger partial charge in [0.15, 0.2) is 0 Å². The number of allylic oxidation sites excluding steroid dienone is 9. The highest BCUT2D eigenvalue weighted by Crippen LogP contribution is 2.59. The van der Waals surface area contributed by atoms with E-state index < -0.39 is 0 Å². The topological polar surface area (TPSA) is 3.24 Å². The van der Waals surface area contributed by atoms with Gasteiger partial charge in [-0.2, -0.15) is 0 Å². The van der Waals surface area contributed by atoms with Gasteiger partial charge in [-0.15, -0.1) is 11.3 Å². The molecule has 266 valence electrons. The molecule has 1 heterocycles. The number of benzene rings is 6. The van der Waals surface area contributed by atoms with Gasteiger partial charge < -0.3 is 4.90 Å². The Labute approximate surface area is 328 Å². The highest BCUT2D eigenvalue weighted by Gasteiger charge is 2.44. The Bertz CT molecular complexity index is 2860. The van der Waals surface area contributed by atoms with E-state index in [0.717, 1.165) is 25.7 Å². The van der Waals surface area contributed by atoms with Gasteiger partial charge in [0, 0.05) is 27.5 Å². The molecule has 2 heteroatoms. The Morgan fingerprint density at radius 1 is 0.655 bits per heavy atom. The molecule has 6 aromatic carbocycles. The van der Waals surface area contributed by atoms with Gasteiger partial charge in [0.2, 0.25) is 0 Å². The highest BCUT2D eigenvalue weighted by atomic mass is 32.1. The molecule has 4 aliphatic carbocycles. The minimum atomic E-state index is -0.0962. The van der Waals surface area contributed by atoms with Crippen molar-refractivity contribution in [2.24, 2.45) is 5.92 Å². The van der Waals surface area contributed by atoms with E-state index in [1.54, 1.807) is 0 Å². The van der Waals surface area contributed by atoms with E-state index in [2.05, 4.69) is 183 Å².